The molecule has 1 unspecified atom stereocenters. The van der Waals surface area contributed by atoms with E-state index in [1.807, 2.05) is 13.0 Å². The fourth-order valence-corrected chi connectivity index (χ4v) is 1.34. The lowest BCUT2D eigenvalue weighted by Crippen LogP contribution is -2.23. The number of nitrogen functional groups attached to an aromatic ring is 1. The third kappa shape index (κ3) is 2.79. The van der Waals surface area contributed by atoms with Gasteiger partial charge in [0.05, 0.1) is 18.0 Å². The van der Waals surface area contributed by atoms with Crippen molar-refractivity contribution >= 4 is 23.0 Å². The van der Waals surface area contributed by atoms with Gasteiger partial charge in [0.15, 0.2) is 0 Å². The minimum absolute atomic E-state index is 0.0403. The van der Waals surface area contributed by atoms with Crippen molar-refractivity contribution in [3.8, 4) is 0 Å². The van der Waals surface area contributed by atoms with Crippen LogP contribution in [0.25, 0.3) is 0 Å². The molecule has 3 nitrogen and oxygen atoms in total. The van der Waals surface area contributed by atoms with E-state index in [1.54, 1.807) is 12.1 Å². The van der Waals surface area contributed by atoms with Gasteiger partial charge in [-0.05, 0) is 24.6 Å². The van der Waals surface area contributed by atoms with Gasteiger partial charge in [-0.15, -0.1) is 0 Å². The average Bonchev–Trinajstić information content (AvgIpc) is 2.17. The highest BCUT2D eigenvalue weighted by atomic mass is 35.5. The Labute approximate surface area is 88.9 Å². The molecule has 78 valence electrons. The van der Waals surface area contributed by atoms with Crippen molar-refractivity contribution in [1.29, 1.82) is 0 Å². The molecule has 0 fully saturated rings. The van der Waals surface area contributed by atoms with E-state index in [-0.39, 0.29) is 12.6 Å². The maximum atomic E-state index is 9.00. The molecule has 1 aromatic carbocycles. The first kappa shape index (κ1) is 11.1. The van der Waals surface area contributed by atoms with Crippen molar-refractivity contribution in [2.75, 3.05) is 17.7 Å². The van der Waals surface area contributed by atoms with Gasteiger partial charge < -0.3 is 16.2 Å². The lowest BCUT2D eigenvalue weighted by Gasteiger charge is -2.17. The van der Waals surface area contributed by atoms with E-state index in [0.717, 1.165) is 12.1 Å². The lowest BCUT2D eigenvalue weighted by atomic mass is 10.2. The summed E-state index contributed by atoms with van der Waals surface area (Å²) in [6, 6.07) is 5.31. The van der Waals surface area contributed by atoms with Gasteiger partial charge in [0, 0.05) is 11.1 Å². The van der Waals surface area contributed by atoms with Crippen LogP contribution < -0.4 is 11.1 Å². The number of halogens is 1. The van der Waals surface area contributed by atoms with Crippen LogP contribution in [0.1, 0.15) is 13.3 Å². The Morgan fingerprint density at radius 2 is 2.29 bits per heavy atom. The Bertz CT molecular complexity index is 300. The zero-order valence-corrected chi connectivity index (χ0v) is 8.88. The number of hydrogen-bond donors (Lipinski definition) is 3. The molecule has 0 saturated heterocycles. The quantitative estimate of drug-likeness (QED) is 0.673. The van der Waals surface area contributed by atoms with Crippen LogP contribution >= 0.6 is 11.6 Å². The smallest absolute Gasteiger partial charge is 0.0632 e. The number of anilines is 2. The molecule has 0 heterocycles. The first-order chi connectivity index (χ1) is 6.67. The van der Waals surface area contributed by atoms with E-state index in [4.69, 9.17) is 22.4 Å². The minimum Gasteiger partial charge on any atom is -0.397 e. The van der Waals surface area contributed by atoms with E-state index in [0.29, 0.717) is 10.7 Å². The molecule has 0 amide bonds. The van der Waals surface area contributed by atoms with Gasteiger partial charge in [-0.25, -0.2) is 0 Å². The van der Waals surface area contributed by atoms with Gasteiger partial charge >= 0.3 is 0 Å². The molecule has 4 heteroatoms. The third-order valence-corrected chi connectivity index (χ3v) is 2.32. The molecule has 14 heavy (non-hydrogen) atoms. The van der Waals surface area contributed by atoms with Crippen LogP contribution in [-0.2, 0) is 0 Å². The van der Waals surface area contributed by atoms with Crippen molar-refractivity contribution in [2.45, 2.75) is 19.4 Å². The first-order valence-corrected chi connectivity index (χ1v) is 4.97. The molecule has 0 saturated carbocycles. The first-order valence-electron chi connectivity index (χ1n) is 4.59. The highest BCUT2D eigenvalue weighted by molar-refractivity contribution is 6.31. The number of nitrogens with two attached hydrogens (primary N) is 1. The molecule has 0 radical (unpaired) electrons. The normalized spacial score (nSPS) is 12.5. The summed E-state index contributed by atoms with van der Waals surface area (Å²) in [5, 5.41) is 12.8. The highest BCUT2D eigenvalue weighted by Gasteiger charge is 2.06. The van der Waals surface area contributed by atoms with Crippen LogP contribution in [0.4, 0.5) is 11.4 Å². The maximum Gasteiger partial charge on any atom is 0.0632 e. The van der Waals surface area contributed by atoms with Crippen molar-refractivity contribution in [3.63, 3.8) is 0 Å². The van der Waals surface area contributed by atoms with Gasteiger partial charge in [-0.2, -0.15) is 0 Å². The summed E-state index contributed by atoms with van der Waals surface area (Å²) < 4.78 is 0. The number of hydrogen-bond acceptors (Lipinski definition) is 3. The number of aliphatic hydroxyl groups excluding tert-OH is 1. The Hall–Kier alpha value is -0.930. The van der Waals surface area contributed by atoms with Crippen LogP contribution in [-0.4, -0.2) is 17.8 Å². The van der Waals surface area contributed by atoms with Gasteiger partial charge in [0.1, 0.15) is 0 Å². The maximum absolute atomic E-state index is 9.00. The van der Waals surface area contributed by atoms with Gasteiger partial charge in [-0.1, -0.05) is 18.5 Å². The average molecular weight is 215 g/mol. The van der Waals surface area contributed by atoms with Crippen LogP contribution in [0.5, 0.6) is 0 Å². The summed E-state index contributed by atoms with van der Waals surface area (Å²) in [5.41, 5.74) is 7.17. The Morgan fingerprint density at radius 1 is 1.57 bits per heavy atom. The van der Waals surface area contributed by atoms with Crippen LogP contribution in [0.3, 0.4) is 0 Å². The van der Waals surface area contributed by atoms with Crippen molar-refractivity contribution in [2.24, 2.45) is 0 Å². The zero-order valence-electron chi connectivity index (χ0n) is 8.13. The van der Waals surface area contributed by atoms with E-state index in [1.165, 1.54) is 0 Å². The van der Waals surface area contributed by atoms with Crippen molar-refractivity contribution in [3.05, 3.63) is 23.2 Å². The lowest BCUT2D eigenvalue weighted by molar-refractivity contribution is 0.272. The second-order valence-corrected chi connectivity index (χ2v) is 3.60. The molecule has 4 N–H and O–H groups in total. The molecule has 0 bridgehead atoms. The summed E-state index contributed by atoms with van der Waals surface area (Å²) in [7, 11) is 0. The van der Waals surface area contributed by atoms with Gasteiger partial charge in [-0.3, -0.25) is 0 Å². The summed E-state index contributed by atoms with van der Waals surface area (Å²) >= 11 is 5.76. The molecule has 0 aliphatic heterocycles. The van der Waals surface area contributed by atoms with Crippen molar-refractivity contribution in [1.82, 2.24) is 0 Å². The Morgan fingerprint density at radius 3 is 2.79 bits per heavy atom. The Balaban J connectivity index is 2.76. The standard InChI is InChI=1S/C10H15ClN2O/c1-2-8(6-14)13-10-4-3-7(11)5-9(10)12/h3-5,8,13-14H,2,6,12H2,1H3. The summed E-state index contributed by atoms with van der Waals surface area (Å²) in [5.74, 6) is 0. The molecule has 1 aromatic rings. The second kappa shape index (κ2) is 5.08. The van der Waals surface area contributed by atoms with Crippen LogP contribution in [0, 0.1) is 0 Å². The van der Waals surface area contributed by atoms with E-state index >= 15 is 0 Å². The van der Waals surface area contributed by atoms with Gasteiger partial charge in [0.25, 0.3) is 0 Å². The van der Waals surface area contributed by atoms with E-state index in [9.17, 15) is 0 Å². The summed E-state index contributed by atoms with van der Waals surface area (Å²) in [4.78, 5) is 0. The molecule has 0 aliphatic carbocycles. The van der Waals surface area contributed by atoms with Crippen LogP contribution in [0.2, 0.25) is 5.02 Å². The zero-order chi connectivity index (χ0) is 10.6. The number of aliphatic hydroxyl groups is 1. The predicted molar refractivity (Wildman–Crippen MR) is 60.7 cm³/mol. The minimum atomic E-state index is 0.0403. The molecule has 1 atom stereocenters. The molecule has 0 spiro atoms. The van der Waals surface area contributed by atoms with Gasteiger partial charge in [0.2, 0.25) is 0 Å². The van der Waals surface area contributed by atoms with Crippen LogP contribution in [0.15, 0.2) is 18.2 Å². The van der Waals surface area contributed by atoms with E-state index < -0.39 is 0 Å². The summed E-state index contributed by atoms with van der Waals surface area (Å²) in [6.07, 6.45) is 0.846. The largest absolute Gasteiger partial charge is 0.397 e. The van der Waals surface area contributed by atoms with E-state index in [2.05, 4.69) is 5.32 Å². The SMILES string of the molecule is CCC(CO)Nc1ccc(Cl)cc1N. The molecule has 0 aliphatic rings. The number of nitrogens with one attached hydrogen (secondary N) is 1. The number of rotatable bonds is 4. The Kier molecular flexibility index (Phi) is 4.04. The molecular weight excluding hydrogens is 200 g/mol. The fourth-order valence-electron chi connectivity index (χ4n) is 1.16. The van der Waals surface area contributed by atoms with Crippen molar-refractivity contribution < 1.29 is 5.11 Å². The molecule has 0 aromatic heterocycles. The predicted octanol–water partition coefficient (Wildman–Crippen LogP) is 2.10. The summed E-state index contributed by atoms with van der Waals surface area (Å²) in [6.45, 7) is 2.10. The molecular formula is C10H15ClN2O. The highest BCUT2D eigenvalue weighted by Crippen LogP contribution is 2.23. The monoisotopic (exact) mass is 214 g/mol. The third-order valence-electron chi connectivity index (χ3n) is 2.09. The topological polar surface area (TPSA) is 58.3 Å². The second-order valence-electron chi connectivity index (χ2n) is 3.16. The molecule has 1 rings (SSSR count). The number of benzene rings is 1. The fraction of sp³-hybridized carbons (Fsp3) is 0.400.